The van der Waals surface area contributed by atoms with E-state index in [1.165, 1.54) is 11.3 Å². The van der Waals surface area contributed by atoms with E-state index in [0.29, 0.717) is 30.0 Å². The molecule has 1 fully saturated rings. The summed E-state index contributed by atoms with van der Waals surface area (Å²) in [6.07, 6.45) is 3.39. The van der Waals surface area contributed by atoms with Crippen molar-refractivity contribution in [2.24, 2.45) is 11.8 Å². The highest BCUT2D eigenvalue weighted by atomic mass is 32.1. The summed E-state index contributed by atoms with van der Waals surface area (Å²) in [6, 6.07) is 7.87. The molecular weight excluding hydrogens is 390 g/mol. The fraction of sp³-hybridized carbons (Fsp3) is 0.500. The van der Waals surface area contributed by atoms with Crippen LogP contribution in [-0.4, -0.2) is 42.2 Å². The van der Waals surface area contributed by atoms with Gasteiger partial charge in [-0.15, -0.1) is 11.3 Å². The molecule has 0 N–H and O–H groups in total. The molecule has 6 nitrogen and oxygen atoms in total. The fourth-order valence-corrected chi connectivity index (χ4v) is 5.19. The molecule has 4 rings (SSSR count). The van der Waals surface area contributed by atoms with Gasteiger partial charge < -0.3 is 14.2 Å². The molecule has 1 aliphatic heterocycles. The van der Waals surface area contributed by atoms with Crippen molar-refractivity contribution in [3.05, 3.63) is 35.5 Å². The van der Waals surface area contributed by atoms with Crippen LogP contribution >= 0.6 is 11.3 Å². The number of ketones is 1. The highest BCUT2D eigenvalue weighted by molar-refractivity contribution is 7.19. The molecule has 0 spiro atoms. The number of carbonyl (C=O) groups excluding carboxylic acids is 2. The first-order valence-corrected chi connectivity index (χ1v) is 10.9. The van der Waals surface area contributed by atoms with E-state index < -0.39 is 0 Å². The molecule has 1 aliphatic carbocycles. The molecule has 0 amide bonds. The minimum Gasteiger partial charge on any atom is -0.496 e. The number of fused-ring (bicyclic) bond motifs is 2. The van der Waals surface area contributed by atoms with E-state index in [2.05, 4.69) is 11.9 Å². The molecule has 2 aliphatic rings. The van der Waals surface area contributed by atoms with E-state index >= 15 is 0 Å². The van der Waals surface area contributed by atoms with Gasteiger partial charge in [-0.25, -0.2) is 9.78 Å². The molecule has 0 saturated heterocycles. The molecule has 0 bridgehead atoms. The van der Waals surface area contributed by atoms with Gasteiger partial charge in [0.15, 0.2) is 5.78 Å². The van der Waals surface area contributed by atoms with Gasteiger partial charge in [0.05, 0.1) is 40.7 Å². The van der Waals surface area contributed by atoms with Gasteiger partial charge in [0.2, 0.25) is 0 Å². The summed E-state index contributed by atoms with van der Waals surface area (Å²) in [6.45, 7) is 4.14. The Morgan fingerprint density at radius 2 is 2.10 bits per heavy atom. The van der Waals surface area contributed by atoms with E-state index in [9.17, 15) is 9.59 Å². The lowest BCUT2D eigenvalue weighted by molar-refractivity contribution is -0.157. The molecule has 29 heavy (non-hydrogen) atoms. The number of esters is 1. The number of nitrogens with zero attached hydrogens (tertiary/aromatic N) is 1. The number of rotatable bonds is 6. The summed E-state index contributed by atoms with van der Waals surface area (Å²) < 4.78 is 17.8. The lowest BCUT2D eigenvalue weighted by Gasteiger charge is -2.41. The Balaban J connectivity index is 1.50. The number of benzene rings is 1. The van der Waals surface area contributed by atoms with Gasteiger partial charge >= 0.3 is 5.97 Å². The van der Waals surface area contributed by atoms with Crippen LogP contribution in [0.5, 0.6) is 0 Å². The van der Waals surface area contributed by atoms with Crippen LogP contribution in [0.2, 0.25) is 0 Å². The van der Waals surface area contributed by atoms with Gasteiger partial charge in [-0.3, -0.25) is 4.79 Å². The third-order valence-electron chi connectivity index (χ3n) is 5.73. The minimum atomic E-state index is -0.358. The van der Waals surface area contributed by atoms with Crippen LogP contribution < -0.4 is 0 Å². The molecular formula is C22H25NO5S. The van der Waals surface area contributed by atoms with Crippen molar-refractivity contribution in [1.29, 1.82) is 0 Å². The lowest BCUT2D eigenvalue weighted by atomic mass is 9.72. The maximum atomic E-state index is 13.3. The number of carbonyl (C=O) groups is 2. The van der Waals surface area contributed by atoms with Crippen molar-refractivity contribution >= 4 is 38.9 Å². The summed E-state index contributed by atoms with van der Waals surface area (Å²) >= 11 is 1.51. The molecule has 0 radical (unpaired) electrons. The van der Waals surface area contributed by atoms with Crippen LogP contribution in [0.3, 0.4) is 0 Å². The predicted molar refractivity (Wildman–Crippen MR) is 110 cm³/mol. The van der Waals surface area contributed by atoms with E-state index in [1.54, 1.807) is 13.2 Å². The minimum absolute atomic E-state index is 0.0624. The highest BCUT2D eigenvalue weighted by Gasteiger charge is 2.45. The van der Waals surface area contributed by atoms with Gasteiger partial charge in [-0.1, -0.05) is 25.5 Å². The van der Waals surface area contributed by atoms with E-state index in [1.807, 2.05) is 24.3 Å². The average molecular weight is 416 g/mol. The Kier molecular flexibility index (Phi) is 5.96. The lowest BCUT2D eigenvalue weighted by Crippen LogP contribution is -2.46. The zero-order valence-electron chi connectivity index (χ0n) is 16.6. The molecule has 2 heterocycles. The van der Waals surface area contributed by atoms with Gasteiger partial charge in [0.1, 0.15) is 17.7 Å². The van der Waals surface area contributed by atoms with Crippen LogP contribution in [0.1, 0.15) is 38.1 Å². The normalized spacial score (nSPS) is 26.6. The van der Waals surface area contributed by atoms with Crippen LogP contribution in [0.15, 0.2) is 30.5 Å². The largest absolute Gasteiger partial charge is 0.496 e. The first-order valence-electron chi connectivity index (χ1n) is 10.1. The first kappa shape index (κ1) is 20.0. The number of hydrogen-bond donors (Lipinski definition) is 0. The highest BCUT2D eigenvalue weighted by Crippen LogP contribution is 2.41. The molecule has 2 aromatic rings. The maximum Gasteiger partial charge on any atom is 0.332 e. The average Bonchev–Trinajstić information content (AvgIpc) is 3.16. The van der Waals surface area contributed by atoms with Crippen molar-refractivity contribution in [1.82, 2.24) is 4.98 Å². The SMILES string of the molecule is CCOC(=O)COC1CC2OC=C(c3nc4ccccc4s3)C(=O)C2CC1CC. The summed E-state index contributed by atoms with van der Waals surface area (Å²) in [7, 11) is 0. The van der Waals surface area contributed by atoms with Crippen molar-refractivity contribution in [2.45, 2.75) is 45.3 Å². The van der Waals surface area contributed by atoms with Crippen molar-refractivity contribution < 1.29 is 23.8 Å². The fourth-order valence-electron chi connectivity index (χ4n) is 4.21. The first-order chi connectivity index (χ1) is 14.1. The number of Topliss-reactive ketones (excluding diaryl/α,β-unsaturated/α-hetero) is 1. The quantitative estimate of drug-likeness (QED) is 0.664. The van der Waals surface area contributed by atoms with Crippen LogP contribution in [0.4, 0.5) is 0 Å². The van der Waals surface area contributed by atoms with Crippen LogP contribution in [-0.2, 0) is 23.8 Å². The Hall–Kier alpha value is -2.25. The number of thiazole rings is 1. The second-order valence-electron chi connectivity index (χ2n) is 7.46. The predicted octanol–water partition coefficient (Wildman–Crippen LogP) is 3.99. The summed E-state index contributed by atoms with van der Waals surface area (Å²) in [4.78, 5) is 29.5. The van der Waals surface area contributed by atoms with E-state index in [0.717, 1.165) is 16.6 Å². The Morgan fingerprint density at radius 1 is 1.28 bits per heavy atom. The molecule has 1 aromatic carbocycles. The van der Waals surface area contributed by atoms with Gasteiger partial charge in [0.25, 0.3) is 0 Å². The number of ether oxygens (including phenoxy) is 3. The second-order valence-corrected chi connectivity index (χ2v) is 8.49. The summed E-state index contributed by atoms with van der Waals surface area (Å²) in [5.41, 5.74) is 1.46. The standard InChI is InChI=1S/C22H25NO5S/c1-3-13-9-14-18(10-17(13)28-12-20(24)26-4-2)27-11-15(21(14)25)22-23-16-7-5-6-8-19(16)29-22/h5-8,11,13-14,17-18H,3-4,9-10,12H2,1-2H3. The second kappa shape index (κ2) is 8.63. The molecule has 154 valence electrons. The molecule has 4 atom stereocenters. The van der Waals surface area contributed by atoms with E-state index in [4.69, 9.17) is 14.2 Å². The number of aromatic nitrogens is 1. The third-order valence-corrected chi connectivity index (χ3v) is 6.80. The van der Waals surface area contributed by atoms with Gasteiger partial charge in [-0.05, 0) is 31.4 Å². The van der Waals surface area contributed by atoms with Crippen LogP contribution in [0, 0.1) is 11.8 Å². The molecule has 7 heteroatoms. The van der Waals surface area contributed by atoms with Crippen LogP contribution in [0.25, 0.3) is 15.8 Å². The summed E-state index contributed by atoms with van der Waals surface area (Å²) in [5, 5.41) is 0.711. The maximum absolute atomic E-state index is 13.3. The zero-order chi connectivity index (χ0) is 20.4. The smallest absolute Gasteiger partial charge is 0.332 e. The van der Waals surface area contributed by atoms with Crippen molar-refractivity contribution in [2.75, 3.05) is 13.2 Å². The van der Waals surface area contributed by atoms with E-state index in [-0.39, 0.29) is 42.4 Å². The van der Waals surface area contributed by atoms with Crippen molar-refractivity contribution in [3.63, 3.8) is 0 Å². The Morgan fingerprint density at radius 3 is 2.86 bits per heavy atom. The molecule has 1 aromatic heterocycles. The Labute approximate surface area is 173 Å². The molecule has 1 saturated carbocycles. The van der Waals surface area contributed by atoms with Gasteiger partial charge in [-0.2, -0.15) is 0 Å². The number of hydrogen-bond acceptors (Lipinski definition) is 7. The monoisotopic (exact) mass is 415 g/mol. The summed E-state index contributed by atoms with van der Waals surface area (Å²) in [5.74, 6) is -0.256. The number of para-hydroxylation sites is 1. The topological polar surface area (TPSA) is 74.7 Å². The molecule has 4 unspecified atom stereocenters. The third kappa shape index (κ3) is 4.07. The van der Waals surface area contributed by atoms with Gasteiger partial charge in [0, 0.05) is 6.42 Å². The number of allylic oxidation sites excluding steroid dienone is 1. The zero-order valence-corrected chi connectivity index (χ0v) is 17.4. The Bertz CT molecular complexity index is 903. The van der Waals surface area contributed by atoms with Crippen molar-refractivity contribution in [3.8, 4) is 0 Å².